The number of carbonyl (C=O) groups is 2. The number of amides is 1. The van der Waals surface area contributed by atoms with E-state index in [2.05, 4.69) is 15.5 Å². The molecule has 0 saturated heterocycles. The molecule has 1 aromatic rings. The van der Waals surface area contributed by atoms with Crippen molar-refractivity contribution in [2.24, 2.45) is 0 Å². The maximum absolute atomic E-state index is 11.0. The van der Waals surface area contributed by atoms with Crippen LogP contribution in [0.3, 0.4) is 0 Å². The van der Waals surface area contributed by atoms with Gasteiger partial charge in [-0.15, -0.1) is 10.2 Å². The van der Waals surface area contributed by atoms with Gasteiger partial charge in [-0.25, -0.2) is 0 Å². The number of aromatic nitrogens is 2. The number of carboxylic acid groups (broad SMARTS) is 1. The van der Waals surface area contributed by atoms with Crippen LogP contribution >= 0.6 is 11.3 Å². The number of rotatable bonds is 5. The Hall–Kier alpha value is -1.50. The lowest BCUT2D eigenvalue weighted by atomic mass is 10.3. The Balaban J connectivity index is 2.49. The molecule has 0 bridgehead atoms. The van der Waals surface area contributed by atoms with E-state index in [1.54, 1.807) is 6.92 Å². The van der Waals surface area contributed by atoms with E-state index in [4.69, 9.17) is 5.11 Å². The van der Waals surface area contributed by atoms with Crippen molar-refractivity contribution in [1.82, 2.24) is 10.2 Å². The molecule has 7 heteroatoms. The zero-order valence-corrected chi connectivity index (χ0v) is 9.00. The van der Waals surface area contributed by atoms with Crippen LogP contribution in [0.4, 0.5) is 5.13 Å². The SMILES string of the molecule is CCC(=O)Nc1nnc(CCC(=O)O)s1. The number of aliphatic carboxylic acids is 1. The van der Waals surface area contributed by atoms with Gasteiger partial charge < -0.3 is 10.4 Å². The fraction of sp³-hybridized carbons (Fsp3) is 0.500. The highest BCUT2D eigenvalue weighted by molar-refractivity contribution is 7.15. The van der Waals surface area contributed by atoms with Gasteiger partial charge in [0.05, 0.1) is 6.42 Å². The van der Waals surface area contributed by atoms with Crippen LogP contribution in [0.1, 0.15) is 24.8 Å². The lowest BCUT2D eigenvalue weighted by molar-refractivity contribution is -0.137. The number of hydrogen-bond donors (Lipinski definition) is 2. The molecule has 1 aromatic heterocycles. The fourth-order valence-corrected chi connectivity index (χ4v) is 1.58. The Bertz CT molecular complexity index is 364. The highest BCUT2D eigenvalue weighted by Crippen LogP contribution is 2.16. The van der Waals surface area contributed by atoms with Crippen molar-refractivity contribution < 1.29 is 14.7 Å². The first-order valence-electron chi connectivity index (χ1n) is 4.46. The molecule has 0 saturated carbocycles. The van der Waals surface area contributed by atoms with Gasteiger partial charge in [-0.2, -0.15) is 0 Å². The lowest BCUT2D eigenvalue weighted by Gasteiger charge is -1.94. The maximum Gasteiger partial charge on any atom is 0.303 e. The van der Waals surface area contributed by atoms with Crippen LogP contribution in [0, 0.1) is 0 Å². The highest BCUT2D eigenvalue weighted by Gasteiger charge is 2.07. The average molecular weight is 229 g/mol. The van der Waals surface area contributed by atoms with E-state index in [1.165, 1.54) is 11.3 Å². The molecule has 1 heterocycles. The van der Waals surface area contributed by atoms with Gasteiger partial charge in [-0.05, 0) is 0 Å². The summed E-state index contributed by atoms with van der Waals surface area (Å²) in [5.41, 5.74) is 0. The van der Waals surface area contributed by atoms with Crippen LogP contribution in [0.5, 0.6) is 0 Å². The molecule has 0 unspecified atom stereocenters. The molecule has 82 valence electrons. The summed E-state index contributed by atoms with van der Waals surface area (Å²) in [5.74, 6) is -1.000. The second-order valence-corrected chi connectivity index (χ2v) is 3.86. The average Bonchev–Trinajstić information content (AvgIpc) is 2.62. The van der Waals surface area contributed by atoms with Crippen LogP contribution in [0.2, 0.25) is 0 Å². The molecule has 0 radical (unpaired) electrons. The summed E-state index contributed by atoms with van der Waals surface area (Å²) in [7, 11) is 0. The quantitative estimate of drug-likeness (QED) is 0.782. The molecule has 1 rings (SSSR count). The number of hydrogen-bond acceptors (Lipinski definition) is 5. The van der Waals surface area contributed by atoms with Gasteiger partial charge in [-0.1, -0.05) is 18.3 Å². The summed E-state index contributed by atoms with van der Waals surface area (Å²) in [6.45, 7) is 1.74. The van der Waals surface area contributed by atoms with Crippen molar-refractivity contribution in [2.75, 3.05) is 5.32 Å². The summed E-state index contributed by atoms with van der Waals surface area (Å²) < 4.78 is 0. The van der Waals surface area contributed by atoms with Gasteiger partial charge in [-0.3, -0.25) is 9.59 Å². The van der Waals surface area contributed by atoms with Crippen LogP contribution in [-0.2, 0) is 16.0 Å². The van der Waals surface area contributed by atoms with E-state index in [9.17, 15) is 9.59 Å². The minimum atomic E-state index is -0.871. The molecule has 0 atom stereocenters. The number of carbonyl (C=O) groups excluding carboxylic acids is 1. The first-order valence-corrected chi connectivity index (χ1v) is 5.27. The zero-order valence-electron chi connectivity index (χ0n) is 8.19. The monoisotopic (exact) mass is 229 g/mol. The third kappa shape index (κ3) is 4.03. The molecule has 0 aliphatic carbocycles. The summed E-state index contributed by atoms with van der Waals surface area (Å²) in [6.07, 6.45) is 0.745. The molecule has 0 aromatic carbocycles. The Morgan fingerprint density at radius 2 is 2.20 bits per heavy atom. The molecule has 0 aliphatic heterocycles. The maximum atomic E-state index is 11.0. The number of nitrogens with zero attached hydrogens (tertiary/aromatic N) is 2. The van der Waals surface area contributed by atoms with Gasteiger partial charge in [0, 0.05) is 12.8 Å². The van der Waals surface area contributed by atoms with Crippen LogP contribution in [0.25, 0.3) is 0 Å². The molecule has 0 aliphatic rings. The fourth-order valence-electron chi connectivity index (χ4n) is 0.827. The minimum absolute atomic E-state index is 0.0242. The van der Waals surface area contributed by atoms with E-state index in [0.717, 1.165) is 0 Å². The van der Waals surface area contributed by atoms with E-state index >= 15 is 0 Å². The predicted molar refractivity (Wildman–Crippen MR) is 54.8 cm³/mol. The molecular formula is C8H11N3O3S. The Labute approximate surface area is 90.3 Å². The molecular weight excluding hydrogens is 218 g/mol. The smallest absolute Gasteiger partial charge is 0.303 e. The van der Waals surface area contributed by atoms with E-state index in [0.29, 0.717) is 23.0 Å². The second-order valence-electron chi connectivity index (χ2n) is 2.80. The lowest BCUT2D eigenvalue weighted by Crippen LogP contribution is -2.08. The van der Waals surface area contributed by atoms with Crippen molar-refractivity contribution >= 4 is 28.3 Å². The number of anilines is 1. The molecule has 6 nitrogen and oxygen atoms in total. The standard InChI is InChI=1S/C8H11N3O3S/c1-2-5(12)9-8-11-10-6(15-8)3-4-7(13)14/h2-4H2,1H3,(H,13,14)(H,9,11,12). The summed E-state index contributed by atoms with van der Waals surface area (Å²) in [6, 6.07) is 0. The molecule has 0 spiro atoms. The van der Waals surface area contributed by atoms with Gasteiger partial charge in [0.1, 0.15) is 5.01 Å². The third-order valence-electron chi connectivity index (χ3n) is 1.59. The van der Waals surface area contributed by atoms with Crippen LogP contribution in [-0.4, -0.2) is 27.2 Å². The largest absolute Gasteiger partial charge is 0.481 e. The van der Waals surface area contributed by atoms with Crippen LogP contribution in [0.15, 0.2) is 0 Å². The van der Waals surface area contributed by atoms with Gasteiger partial charge >= 0.3 is 5.97 Å². The molecule has 15 heavy (non-hydrogen) atoms. The number of aryl methyl sites for hydroxylation is 1. The summed E-state index contributed by atoms with van der Waals surface area (Å²) in [5, 5.41) is 19.5. The second kappa shape index (κ2) is 5.40. The number of carboxylic acids is 1. The van der Waals surface area contributed by atoms with Gasteiger partial charge in [0.15, 0.2) is 0 Å². The zero-order chi connectivity index (χ0) is 11.3. The van der Waals surface area contributed by atoms with E-state index in [-0.39, 0.29) is 12.3 Å². The Kier molecular flexibility index (Phi) is 4.17. The topological polar surface area (TPSA) is 92.2 Å². The third-order valence-corrected chi connectivity index (χ3v) is 2.49. The summed E-state index contributed by atoms with van der Waals surface area (Å²) >= 11 is 1.20. The Morgan fingerprint density at radius 1 is 1.47 bits per heavy atom. The van der Waals surface area contributed by atoms with E-state index < -0.39 is 5.97 Å². The molecule has 1 amide bonds. The van der Waals surface area contributed by atoms with Gasteiger partial charge in [0.2, 0.25) is 11.0 Å². The van der Waals surface area contributed by atoms with Crippen molar-refractivity contribution in [3.05, 3.63) is 5.01 Å². The first-order chi connectivity index (χ1) is 7.11. The molecule has 0 fully saturated rings. The van der Waals surface area contributed by atoms with E-state index in [1.807, 2.05) is 0 Å². The highest BCUT2D eigenvalue weighted by atomic mass is 32.1. The number of nitrogens with one attached hydrogen (secondary N) is 1. The summed E-state index contributed by atoms with van der Waals surface area (Å²) in [4.78, 5) is 21.3. The van der Waals surface area contributed by atoms with Gasteiger partial charge in [0.25, 0.3) is 0 Å². The van der Waals surface area contributed by atoms with Crippen molar-refractivity contribution in [1.29, 1.82) is 0 Å². The molecule has 2 N–H and O–H groups in total. The van der Waals surface area contributed by atoms with Crippen molar-refractivity contribution in [3.8, 4) is 0 Å². The normalized spacial score (nSPS) is 9.93. The van der Waals surface area contributed by atoms with Crippen molar-refractivity contribution in [3.63, 3.8) is 0 Å². The predicted octanol–water partition coefficient (Wildman–Crippen LogP) is 0.904. The first kappa shape index (κ1) is 11.6. The van der Waals surface area contributed by atoms with Crippen molar-refractivity contribution in [2.45, 2.75) is 26.2 Å². The van der Waals surface area contributed by atoms with Crippen LogP contribution < -0.4 is 5.32 Å². The minimum Gasteiger partial charge on any atom is -0.481 e. The Morgan fingerprint density at radius 3 is 2.80 bits per heavy atom.